The molecule has 2 unspecified atom stereocenters. The molecule has 0 saturated carbocycles. The molecule has 2 atom stereocenters. The van der Waals surface area contributed by atoms with E-state index in [9.17, 15) is 19.7 Å². The summed E-state index contributed by atoms with van der Waals surface area (Å²) in [5, 5.41) is 14.5. The number of carbonyl (C=O) groups excluding carboxylic acids is 2. The molecule has 0 aliphatic carbocycles. The molecule has 34 heavy (non-hydrogen) atoms. The molecule has 0 radical (unpaired) electrons. The minimum atomic E-state index is -0.838. The number of hydrogen-bond donors (Lipinski definition) is 1. The van der Waals surface area contributed by atoms with Gasteiger partial charge in [-0.05, 0) is 43.2 Å². The van der Waals surface area contributed by atoms with Crippen molar-refractivity contribution in [1.82, 2.24) is 5.32 Å². The number of ketones is 1. The van der Waals surface area contributed by atoms with Crippen molar-refractivity contribution in [1.29, 1.82) is 0 Å². The van der Waals surface area contributed by atoms with Crippen LogP contribution in [0.2, 0.25) is 0 Å². The number of carbonyl (C=O) groups is 2. The van der Waals surface area contributed by atoms with Crippen LogP contribution in [-0.4, -0.2) is 36.2 Å². The molecule has 4 rings (SSSR count). The third-order valence-corrected chi connectivity index (χ3v) is 5.79. The van der Waals surface area contributed by atoms with E-state index >= 15 is 0 Å². The predicted molar refractivity (Wildman–Crippen MR) is 125 cm³/mol. The second kappa shape index (κ2) is 9.30. The van der Waals surface area contributed by atoms with Crippen LogP contribution in [0, 0.1) is 16.0 Å². The second-order valence-electron chi connectivity index (χ2n) is 7.86. The Kier molecular flexibility index (Phi) is 6.27. The van der Waals surface area contributed by atoms with Crippen molar-refractivity contribution in [2.75, 3.05) is 13.7 Å². The number of allylic oxidation sites excluding steroid dienone is 2. The van der Waals surface area contributed by atoms with Crippen LogP contribution in [0.1, 0.15) is 30.9 Å². The van der Waals surface area contributed by atoms with Crippen molar-refractivity contribution in [2.45, 2.75) is 19.8 Å². The number of aliphatic imine (C=N–C) groups is 1. The number of fused-ring (bicyclic) bond motifs is 1. The molecule has 0 spiro atoms. The number of hydrogen-bond acceptors (Lipinski definition) is 8. The third kappa shape index (κ3) is 4.19. The van der Waals surface area contributed by atoms with Crippen molar-refractivity contribution in [3.8, 4) is 5.75 Å². The Balaban J connectivity index is 1.80. The van der Waals surface area contributed by atoms with E-state index in [0.29, 0.717) is 22.8 Å². The number of ether oxygens (including phenoxy) is 2. The maximum atomic E-state index is 13.5. The highest BCUT2D eigenvalue weighted by atomic mass is 16.6. The number of methoxy groups -OCH3 is 1. The van der Waals surface area contributed by atoms with E-state index in [0.717, 1.165) is 5.56 Å². The summed E-state index contributed by atoms with van der Waals surface area (Å²) in [5.74, 6) is -1.41. The first-order valence-corrected chi connectivity index (χ1v) is 10.7. The smallest absolute Gasteiger partial charge is 0.336 e. The molecule has 0 saturated heterocycles. The van der Waals surface area contributed by atoms with Crippen molar-refractivity contribution in [2.24, 2.45) is 10.9 Å². The lowest BCUT2D eigenvalue weighted by atomic mass is 9.75. The number of Topliss-reactive ketones (excluding diaryl/α,β-unsaturated/α-hetero) is 1. The van der Waals surface area contributed by atoms with Crippen LogP contribution in [0.4, 0.5) is 5.69 Å². The van der Waals surface area contributed by atoms with Crippen LogP contribution < -0.4 is 10.1 Å². The maximum Gasteiger partial charge on any atom is 0.336 e. The van der Waals surface area contributed by atoms with Gasteiger partial charge in [-0.3, -0.25) is 14.9 Å². The Morgan fingerprint density at radius 3 is 2.59 bits per heavy atom. The van der Waals surface area contributed by atoms with Crippen molar-refractivity contribution in [3.63, 3.8) is 0 Å². The molecular formula is C25H23N3O6. The number of nitrogens with one attached hydrogen (secondary N) is 1. The van der Waals surface area contributed by atoms with Crippen LogP contribution in [0.25, 0.3) is 6.08 Å². The van der Waals surface area contributed by atoms with Crippen molar-refractivity contribution < 1.29 is 24.0 Å². The molecule has 2 heterocycles. The first-order valence-electron chi connectivity index (χ1n) is 10.7. The van der Waals surface area contributed by atoms with Crippen molar-refractivity contribution >= 4 is 29.4 Å². The zero-order chi connectivity index (χ0) is 24.4. The molecule has 0 aromatic heterocycles. The lowest BCUT2D eigenvalue weighted by molar-refractivity contribution is -0.384. The van der Waals surface area contributed by atoms with E-state index in [1.54, 1.807) is 57.4 Å². The number of nitro groups is 1. The predicted octanol–water partition coefficient (Wildman–Crippen LogP) is 3.77. The lowest BCUT2D eigenvalue weighted by Gasteiger charge is -2.32. The topological polar surface area (TPSA) is 120 Å². The van der Waals surface area contributed by atoms with Crippen LogP contribution in [0.5, 0.6) is 5.75 Å². The minimum absolute atomic E-state index is 0.130. The van der Waals surface area contributed by atoms with Gasteiger partial charge in [0.05, 0.1) is 30.1 Å². The number of non-ortho nitro benzene ring substituents is 1. The lowest BCUT2D eigenvalue weighted by Crippen LogP contribution is -2.42. The first kappa shape index (κ1) is 22.9. The largest absolute Gasteiger partial charge is 0.497 e. The molecule has 0 fully saturated rings. The summed E-state index contributed by atoms with van der Waals surface area (Å²) in [4.78, 5) is 41.9. The van der Waals surface area contributed by atoms with Crippen LogP contribution in [0.3, 0.4) is 0 Å². The van der Waals surface area contributed by atoms with Gasteiger partial charge in [0.2, 0.25) is 0 Å². The Morgan fingerprint density at radius 1 is 1.21 bits per heavy atom. The summed E-state index contributed by atoms with van der Waals surface area (Å²) >= 11 is 0. The van der Waals surface area contributed by atoms with Crippen LogP contribution in [-0.2, 0) is 14.3 Å². The zero-order valence-electron chi connectivity index (χ0n) is 18.9. The van der Waals surface area contributed by atoms with Crippen LogP contribution in [0.15, 0.2) is 70.5 Å². The summed E-state index contributed by atoms with van der Waals surface area (Å²) in [6.45, 7) is 3.54. The van der Waals surface area contributed by atoms with Gasteiger partial charge in [-0.2, -0.15) is 0 Å². The van der Waals surface area contributed by atoms with Gasteiger partial charge in [0, 0.05) is 23.7 Å². The summed E-state index contributed by atoms with van der Waals surface area (Å²) in [7, 11) is 1.57. The highest BCUT2D eigenvalue weighted by Gasteiger charge is 2.47. The standard InChI is InChI=1S/C25H23N3O6/c1-4-34-25(30)20-14(2)26-24-22(21(20)16-6-5-7-17(13-16)28(31)32)23(29)19(27-24)12-15-8-10-18(33-3)11-9-15/h5-13,21-22H,4H2,1-3H3,(H,26,27)/b19-12-. The number of nitrogens with zero attached hydrogens (tertiary/aromatic N) is 2. The molecule has 0 bridgehead atoms. The molecule has 2 aliphatic heterocycles. The van der Waals surface area contributed by atoms with E-state index in [4.69, 9.17) is 9.47 Å². The van der Waals surface area contributed by atoms with E-state index in [1.165, 1.54) is 18.2 Å². The summed E-state index contributed by atoms with van der Waals surface area (Å²) in [6.07, 6.45) is 1.67. The van der Waals surface area contributed by atoms with Crippen LogP contribution >= 0.6 is 0 Å². The Bertz CT molecular complexity index is 1260. The summed E-state index contributed by atoms with van der Waals surface area (Å²) in [5.41, 5.74) is 2.07. The molecule has 174 valence electrons. The SMILES string of the molecule is CCOC(=O)C1=C(C)NC2=N/C(=C\c3ccc(OC)cc3)C(=O)C2C1c1cccc([N+](=O)[O-])c1. The van der Waals surface area contributed by atoms with E-state index in [-0.39, 0.29) is 29.3 Å². The zero-order valence-corrected chi connectivity index (χ0v) is 18.9. The highest BCUT2D eigenvalue weighted by molar-refractivity contribution is 6.21. The fourth-order valence-electron chi connectivity index (χ4n) is 4.25. The molecule has 1 N–H and O–H groups in total. The highest BCUT2D eigenvalue weighted by Crippen LogP contribution is 2.43. The van der Waals surface area contributed by atoms with E-state index in [1.807, 2.05) is 0 Å². The Hall–Kier alpha value is -4.27. The number of esters is 1. The molecule has 2 aliphatic rings. The van der Waals surface area contributed by atoms with Gasteiger partial charge >= 0.3 is 5.97 Å². The van der Waals surface area contributed by atoms with Gasteiger partial charge in [-0.25, -0.2) is 9.79 Å². The quantitative estimate of drug-likeness (QED) is 0.301. The van der Waals surface area contributed by atoms with E-state index < -0.39 is 22.7 Å². The van der Waals surface area contributed by atoms with Gasteiger partial charge in [-0.1, -0.05) is 24.3 Å². The average Bonchev–Trinajstić information content (AvgIpc) is 3.13. The maximum absolute atomic E-state index is 13.5. The molecule has 0 amide bonds. The summed E-state index contributed by atoms with van der Waals surface area (Å²) in [6, 6.07) is 13.1. The number of amidine groups is 1. The van der Waals surface area contributed by atoms with Gasteiger partial charge < -0.3 is 14.8 Å². The Morgan fingerprint density at radius 2 is 1.94 bits per heavy atom. The number of nitro benzene ring substituents is 1. The van der Waals surface area contributed by atoms with Gasteiger partial charge in [0.1, 0.15) is 17.3 Å². The first-order chi connectivity index (χ1) is 16.3. The van der Waals surface area contributed by atoms with E-state index in [2.05, 4.69) is 10.3 Å². The molecular weight excluding hydrogens is 438 g/mol. The van der Waals surface area contributed by atoms with Gasteiger partial charge in [0.25, 0.3) is 5.69 Å². The van der Waals surface area contributed by atoms with Crippen molar-refractivity contribution in [3.05, 3.63) is 86.7 Å². The Labute approximate surface area is 195 Å². The number of rotatable bonds is 6. The second-order valence-corrected chi connectivity index (χ2v) is 7.86. The molecule has 2 aromatic carbocycles. The minimum Gasteiger partial charge on any atom is -0.497 e. The fraction of sp³-hybridized carbons (Fsp3) is 0.240. The summed E-state index contributed by atoms with van der Waals surface area (Å²) < 4.78 is 10.4. The number of benzene rings is 2. The third-order valence-electron chi connectivity index (χ3n) is 5.79. The average molecular weight is 461 g/mol. The molecule has 2 aromatic rings. The molecule has 9 heteroatoms. The van der Waals surface area contributed by atoms with Gasteiger partial charge in [-0.15, -0.1) is 0 Å². The van der Waals surface area contributed by atoms with Gasteiger partial charge in [0.15, 0.2) is 5.78 Å². The monoisotopic (exact) mass is 461 g/mol. The normalized spacial score (nSPS) is 20.5. The molecule has 9 nitrogen and oxygen atoms in total. The fourth-order valence-corrected chi connectivity index (χ4v) is 4.25.